The number of benzene rings is 2. The van der Waals surface area contributed by atoms with Crippen LogP contribution >= 0.6 is 11.8 Å². The molecule has 0 aliphatic rings. The number of aromatic nitrogens is 3. The number of nitrogens with zero attached hydrogens (tertiary/aromatic N) is 3. The lowest BCUT2D eigenvalue weighted by atomic mass is 10.1. The van der Waals surface area contributed by atoms with Crippen molar-refractivity contribution in [2.24, 2.45) is 0 Å². The highest BCUT2D eigenvalue weighted by molar-refractivity contribution is 7.99. The molecule has 6 nitrogen and oxygen atoms in total. The van der Waals surface area contributed by atoms with E-state index in [0.29, 0.717) is 5.16 Å². The van der Waals surface area contributed by atoms with Crippen molar-refractivity contribution in [3.63, 3.8) is 0 Å². The van der Waals surface area contributed by atoms with Gasteiger partial charge in [0.05, 0.1) is 31.1 Å². The summed E-state index contributed by atoms with van der Waals surface area (Å²) in [5.41, 5.74) is -0.303. The molecule has 0 saturated carbocycles. The molecule has 0 unspecified atom stereocenters. The van der Waals surface area contributed by atoms with Crippen molar-refractivity contribution in [2.45, 2.75) is 24.3 Å². The van der Waals surface area contributed by atoms with Crippen molar-refractivity contribution in [3.8, 4) is 5.69 Å². The fourth-order valence-electron chi connectivity index (χ4n) is 2.89. The Morgan fingerprint density at radius 3 is 2.39 bits per heavy atom. The number of halogens is 3. The van der Waals surface area contributed by atoms with Gasteiger partial charge in [0, 0.05) is 5.69 Å². The summed E-state index contributed by atoms with van der Waals surface area (Å²) in [6.45, 7) is 2.02. The van der Waals surface area contributed by atoms with Crippen LogP contribution in [0.1, 0.15) is 24.4 Å². The lowest BCUT2D eigenvalue weighted by Gasteiger charge is -2.18. The standard InChI is InChI=1S/C21H22F3N5OS/c1-14(28(2)3)19-26-27-20(29(19)15-9-5-4-6-10-15)31-13-18(30)25-17-12-8-7-11-16(17)21(22,23)24/h4-12,14H,13H2,1-3H3,(H,25,30)/p+1/t14-/m0/s1. The SMILES string of the molecule is C[C@@H](c1nnc(SCC(=O)Nc2ccccc2C(F)(F)F)n1-c1ccccc1)[NH+](C)C. The summed E-state index contributed by atoms with van der Waals surface area (Å²) in [6.07, 6.45) is -4.55. The number of hydrogen-bond acceptors (Lipinski definition) is 4. The number of thioether (sulfide) groups is 1. The summed E-state index contributed by atoms with van der Waals surface area (Å²) in [4.78, 5) is 13.6. The normalized spacial score (nSPS) is 12.7. The van der Waals surface area contributed by atoms with Crippen molar-refractivity contribution >= 4 is 23.4 Å². The fraction of sp³-hybridized carbons (Fsp3) is 0.286. The third-order valence-corrected chi connectivity index (χ3v) is 5.69. The van der Waals surface area contributed by atoms with Gasteiger partial charge in [0.15, 0.2) is 11.0 Å². The van der Waals surface area contributed by atoms with Crippen LogP contribution in [0.2, 0.25) is 0 Å². The van der Waals surface area contributed by atoms with Crippen molar-refractivity contribution < 1.29 is 22.9 Å². The van der Waals surface area contributed by atoms with Crippen LogP contribution in [0, 0.1) is 0 Å². The Hall–Kier alpha value is -2.85. The number of nitrogens with one attached hydrogen (secondary N) is 2. The Balaban J connectivity index is 1.80. The van der Waals surface area contributed by atoms with Crippen LogP contribution in [-0.4, -0.2) is 40.5 Å². The Morgan fingerprint density at radius 1 is 1.10 bits per heavy atom. The van der Waals surface area contributed by atoms with E-state index in [2.05, 4.69) is 15.5 Å². The highest BCUT2D eigenvalue weighted by Gasteiger charge is 2.33. The van der Waals surface area contributed by atoms with Gasteiger partial charge in [-0.15, -0.1) is 10.2 Å². The van der Waals surface area contributed by atoms with Gasteiger partial charge in [-0.05, 0) is 31.2 Å². The van der Waals surface area contributed by atoms with E-state index in [1.54, 1.807) is 0 Å². The zero-order valence-electron chi connectivity index (χ0n) is 17.3. The minimum absolute atomic E-state index is 0.0366. The summed E-state index contributed by atoms with van der Waals surface area (Å²) >= 11 is 1.12. The number of rotatable bonds is 7. The molecule has 3 rings (SSSR count). The van der Waals surface area contributed by atoms with Crippen molar-refractivity contribution in [2.75, 3.05) is 25.2 Å². The molecule has 0 bridgehead atoms. The van der Waals surface area contributed by atoms with Crippen LogP contribution in [0.3, 0.4) is 0 Å². The number of para-hydroxylation sites is 2. The second-order valence-corrected chi connectivity index (χ2v) is 8.13. The molecule has 1 amide bonds. The zero-order valence-corrected chi connectivity index (χ0v) is 18.1. The van der Waals surface area contributed by atoms with Crippen LogP contribution in [0.5, 0.6) is 0 Å². The first-order valence-corrected chi connectivity index (χ1v) is 10.6. The zero-order chi connectivity index (χ0) is 22.6. The third kappa shape index (κ3) is 5.45. The van der Waals surface area contributed by atoms with Gasteiger partial charge in [0.2, 0.25) is 5.91 Å². The first-order chi connectivity index (χ1) is 14.7. The topological polar surface area (TPSA) is 64.2 Å². The van der Waals surface area contributed by atoms with Crippen LogP contribution < -0.4 is 10.2 Å². The average molecular weight is 451 g/mol. The molecule has 0 saturated heterocycles. The van der Waals surface area contributed by atoms with E-state index >= 15 is 0 Å². The second-order valence-electron chi connectivity index (χ2n) is 7.19. The van der Waals surface area contributed by atoms with Gasteiger partial charge in [-0.2, -0.15) is 13.2 Å². The Bertz CT molecular complexity index is 1040. The van der Waals surface area contributed by atoms with E-state index in [9.17, 15) is 18.0 Å². The van der Waals surface area contributed by atoms with Gasteiger partial charge >= 0.3 is 6.18 Å². The molecule has 31 heavy (non-hydrogen) atoms. The lowest BCUT2D eigenvalue weighted by Crippen LogP contribution is -3.05. The molecule has 1 heterocycles. The van der Waals surface area contributed by atoms with Gasteiger partial charge in [-0.25, -0.2) is 0 Å². The predicted molar refractivity (Wildman–Crippen MR) is 113 cm³/mol. The largest absolute Gasteiger partial charge is 0.418 e. The maximum atomic E-state index is 13.2. The molecule has 164 valence electrons. The third-order valence-electron chi connectivity index (χ3n) is 4.77. The summed E-state index contributed by atoms with van der Waals surface area (Å²) in [6, 6.07) is 14.4. The fourth-order valence-corrected chi connectivity index (χ4v) is 3.65. The first kappa shape index (κ1) is 22.8. The van der Waals surface area contributed by atoms with Gasteiger partial charge in [0.25, 0.3) is 0 Å². The van der Waals surface area contributed by atoms with E-state index in [4.69, 9.17) is 0 Å². The van der Waals surface area contributed by atoms with E-state index in [0.717, 1.165) is 34.2 Å². The number of hydrogen-bond donors (Lipinski definition) is 2. The number of anilines is 1. The van der Waals surface area contributed by atoms with Crippen molar-refractivity contribution in [1.29, 1.82) is 0 Å². The Morgan fingerprint density at radius 2 is 1.74 bits per heavy atom. The molecule has 3 aromatic rings. The Kier molecular flexibility index (Phi) is 7.01. The molecule has 1 atom stereocenters. The highest BCUT2D eigenvalue weighted by atomic mass is 32.2. The average Bonchev–Trinajstić information content (AvgIpc) is 3.15. The van der Waals surface area contributed by atoms with Crippen LogP contribution in [0.15, 0.2) is 59.8 Å². The van der Waals surface area contributed by atoms with Gasteiger partial charge < -0.3 is 10.2 Å². The highest BCUT2D eigenvalue weighted by Crippen LogP contribution is 2.34. The van der Waals surface area contributed by atoms with Gasteiger partial charge in [-0.1, -0.05) is 42.1 Å². The summed E-state index contributed by atoms with van der Waals surface area (Å²) in [5, 5.41) is 11.4. The molecule has 0 radical (unpaired) electrons. The summed E-state index contributed by atoms with van der Waals surface area (Å²) in [7, 11) is 4.01. The van der Waals surface area contributed by atoms with Crippen LogP contribution in [0.25, 0.3) is 5.69 Å². The number of carbonyl (C=O) groups is 1. The molecule has 0 spiro atoms. The minimum atomic E-state index is -4.55. The smallest absolute Gasteiger partial charge is 0.331 e. The van der Waals surface area contributed by atoms with Crippen molar-refractivity contribution in [1.82, 2.24) is 14.8 Å². The predicted octanol–water partition coefficient (Wildman–Crippen LogP) is 3.22. The number of carbonyl (C=O) groups excluding carboxylic acids is 1. The number of quaternary nitrogens is 1. The van der Waals surface area contributed by atoms with E-state index in [-0.39, 0.29) is 17.5 Å². The summed E-state index contributed by atoms with van der Waals surface area (Å²) < 4.78 is 41.3. The molecular weight excluding hydrogens is 427 g/mol. The molecule has 10 heteroatoms. The minimum Gasteiger partial charge on any atom is -0.331 e. The first-order valence-electron chi connectivity index (χ1n) is 9.58. The molecular formula is C21H23F3N5OS+. The monoisotopic (exact) mass is 450 g/mol. The van der Waals surface area contributed by atoms with E-state index in [1.165, 1.54) is 18.2 Å². The van der Waals surface area contributed by atoms with Gasteiger partial charge in [-0.3, -0.25) is 9.36 Å². The second kappa shape index (κ2) is 9.52. The van der Waals surface area contributed by atoms with Crippen LogP contribution in [0.4, 0.5) is 18.9 Å². The molecule has 0 fully saturated rings. The van der Waals surface area contributed by atoms with E-state index in [1.807, 2.05) is 55.9 Å². The van der Waals surface area contributed by atoms with Crippen LogP contribution in [-0.2, 0) is 11.0 Å². The van der Waals surface area contributed by atoms with Crippen molar-refractivity contribution in [3.05, 3.63) is 66.0 Å². The maximum absolute atomic E-state index is 13.2. The molecule has 1 aromatic heterocycles. The van der Waals surface area contributed by atoms with E-state index < -0.39 is 17.6 Å². The molecule has 0 aliphatic carbocycles. The molecule has 2 N–H and O–H groups in total. The molecule has 2 aromatic carbocycles. The summed E-state index contributed by atoms with van der Waals surface area (Å²) in [5.74, 6) is 0.0639. The maximum Gasteiger partial charge on any atom is 0.418 e. The number of amides is 1. The lowest BCUT2D eigenvalue weighted by molar-refractivity contribution is -0.890. The quantitative estimate of drug-likeness (QED) is 0.543. The van der Waals surface area contributed by atoms with Gasteiger partial charge in [0.1, 0.15) is 6.04 Å². The number of alkyl halides is 3. The Labute approximate surface area is 182 Å². The molecule has 0 aliphatic heterocycles.